The molecule has 4 nitrogen and oxygen atoms in total. The summed E-state index contributed by atoms with van der Waals surface area (Å²) in [5, 5.41) is 3.71. The van der Waals surface area contributed by atoms with E-state index in [2.05, 4.69) is 10.3 Å². The molecule has 1 heterocycles. The highest BCUT2D eigenvalue weighted by Gasteiger charge is 2.13. The van der Waals surface area contributed by atoms with Gasteiger partial charge in [0.2, 0.25) is 5.91 Å². The number of halogens is 3. The Labute approximate surface area is 158 Å². The van der Waals surface area contributed by atoms with Gasteiger partial charge in [-0.1, -0.05) is 35.5 Å². The van der Waals surface area contributed by atoms with Crippen LogP contribution in [0.4, 0.5) is 14.5 Å². The third-order valence-electron chi connectivity index (χ3n) is 3.62. The molecular weight excluding hydrogens is 380 g/mol. The van der Waals surface area contributed by atoms with Crippen LogP contribution in [0.1, 0.15) is 0 Å². The molecule has 0 aliphatic carbocycles. The molecule has 134 valence electrons. The van der Waals surface area contributed by atoms with Gasteiger partial charge in [-0.15, -0.1) is 0 Å². The number of benzene rings is 2. The number of amides is 1. The van der Waals surface area contributed by atoms with Gasteiger partial charge in [-0.25, -0.2) is 13.8 Å². The maximum Gasteiger partial charge on any atom is 0.234 e. The Morgan fingerprint density at radius 3 is 2.65 bits per heavy atom. The molecule has 0 saturated carbocycles. The van der Waals surface area contributed by atoms with Crippen LogP contribution in [0.15, 0.2) is 53.8 Å². The van der Waals surface area contributed by atoms with Gasteiger partial charge in [0.1, 0.15) is 11.6 Å². The normalized spacial score (nSPS) is 10.8. The molecule has 3 aromatic rings. The second-order valence-corrected chi connectivity index (χ2v) is 6.83. The van der Waals surface area contributed by atoms with Crippen molar-refractivity contribution in [2.75, 3.05) is 11.1 Å². The van der Waals surface area contributed by atoms with Crippen molar-refractivity contribution in [2.24, 2.45) is 7.05 Å². The average molecular weight is 394 g/mol. The smallest absolute Gasteiger partial charge is 0.234 e. The summed E-state index contributed by atoms with van der Waals surface area (Å²) in [5.74, 6) is -1.87. The quantitative estimate of drug-likeness (QED) is 0.636. The summed E-state index contributed by atoms with van der Waals surface area (Å²) in [6.07, 6.45) is 1.71. The molecule has 0 fully saturated rings. The van der Waals surface area contributed by atoms with E-state index >= 15 is 0 Å². The molecule has 0 radical (unpaired) electrons. The summed E-state index contributed by atoms with van der Waals surface area (Å²) in [4.78, 5) is 16.3. The van der Waals surface area contributed by atoms with Crippen LogP contribution in [-0.4, -0.2) is 21.2 Å². The predicted octanol–water partition coefficient (Wildman–Crippen LogP) is 4.75. The van der Waals surface area contributed by atoms with Crippen molar-refractivity contribution in [1.29, 1.82) is 0 Å². The van der Waals surface area contributed by atoms with Gasteiger partial charge in [0.15, 0.2) is 5.16 Å². The summed E-state index contributed by atoms with van der Waals surface area (Å²) >= 11 is 7.12. The van der Waals surface area contributed by atoms with Crippen LogP contribution in [0.5, 0.6) is 0 Å². The minimum atomic E-state index is -0.814. The van der Waals surface area contributed by atoms with E-state index < -0.39 is 17.5 Å². The largest absolute Gasteiger partial charge is 0.323 e. The minimum Gasteiger partial charge on any atom is -0.323 e. The highest BCUT2D eigenvalue weighted by molar-refractivity contribution is 7.99. The van der Waals surface area contributed by atoms with Gasteiger partial charge < -0.3 is 9.88 Å². The van der Waals surface area contributed by atoms with E-state index in [4.69, 9.17) is 11.6 Å². The van der Waals surface area contributed by atoms with E-state index in [1.165, 1.54) is 17.8 Å². The van der Waals surface area contributed by atoms with Crippen LogP contribution in [0.3, 0.4) is 0 Å². The molecule has 0 bridgehead atoms. The van der Waals surface area contributed by atoms with Crippen molar-refractivity contribution in [3.63, 3.8) is 0 Å². The van der Waals surface area contributed by atoms with E-state index in [0.29, 0.717) is 10.2 Å². The van der Waals surface area contributed by atoms with Gasteiger partial charge in [-0.2, -0.15) is 0 Å². The number of nitrogens with zero attached hydrogens (tertiary/aromatic N) is 2. The van der Waals surface area contributed by atoms with Crippen molar-refractivity contribution >= 4 is 35.0 Å². The fourth-order valence-electron chi connectivity index (χ4n) is 2.32. The minimum absolute atomic E-state index is 0.0434. The third-order valence-corrected chi connectivity index (χ3v) is 4.92. The SMILES string of the molecule is Cn1c(-c2ccc(Cl)cc2)cnc1SCC(=O)Nc1ccc(F)cc1F. The van der Waals surface area contributed by atoms with Gasteiger partial charge in [0, 0.05) is 18.1 Å². The number of hydrogen-bond acceptors (Lipinski definition) is 3. The number of imidazole rings is 1. The summed E-state index contributed by atoms with van der Waals surface area (Å²) in [6, 6.07) is 10.4. The fraction of sp³-hybridized carbons (Fsp3) is 0.111. The molecule has 0 saturated heterocycles. The molecule has 0 unspecified atom stereocenters. The summed E-state index contributed by atoms with van der Waals surface area (Å²) in [7, 11) is 1.84. The van der Waals surface area contributed by atoms with E-state index in [9.17, 15) is 13.6 Å². The second-order valence-electron chi connectivity index (χ2n) is 5.45. The van der Waals surface area contributed by atoms with Crippen molar-refractivity contribution in [2.45, 2.75) is 5.16 Å². The molecule has 0 atom stereocenters. The Hall–Kier alpha value is -2.38. The van der Waals surface area contributed by atoms with Gasteiger partial charge in [-0.3, -0.25) is 4.79 Å². The molecule has 1 aromatic heterocycles. The molecule has 26 heavy (non-hydrogen) atoms. The first-order chi connectivity index (χ1) is 12.4. The van der Waals surface area contributed by atoms with Crippen LogP contribution < -0.4 is 5.32 Å². The Morgan fingerprint density at radius 1 is 1.23 bits per heavy atom. The van der Waals surface area contributed by atoms with Crippen LogP contribution in [0, 0.1) is 11.6 Å². The predicted molar refractivity (Wildman–Crippen MR) is 99.4 cm³/mol. The Morgan fingerprint density at radius 2 is 1.96 bits per heavy atom. The van der Waals surface area contributed by atoms with E-state index in [0.717, 1.165) is 23.4 Å². The average Bonchev–Trinajstić information content (AvgIpc) is 2.97. The Bertz CT molecular complexity index is 944. The Kier molecular flexibility index (Phi) is 5.58. The highest BCUT2D eigenvalue weighted by atomic mass is 35.5. The van der Waals surface area contributed by atoms with E-state index in [1.807, 2.05) is 23.7 Å². The second kappa shape index (κ2) is 7.88. The van der Waals surface area contributed by atoms with E-state index in [1.54, 1.807) is 18.3 Å². The van der Waals surface area contributed by atoms with Crippen LogP contribution in [0.2, 0.25) is 5.02 Å². The third kappa shape index (κ3) is 4.23. The lowest BCUT2D eigenvalue weighted by atomic mass is 10.2. The molecule has 0 spiro atoms. The number of aromatic nitrogens is 2. The van der Waals surface area contributed by atoms with E-state index in [-0.39, 0.29) is 11.4 Å². The fourth-order valence-corrected chi connectivity index (χ4v) is 3.20. The zero-order valence-corrected chi connectivity index (χ0v) is 15.2. The van der Waals surface area contributed by atoms with Gasteiger partial charge in [0.05, 0.1) is 23.3 Å². The molecule has 0 aliphatic rings. The first kappa shape index (κ1) is 18.4. The van der Waals surface area contributed by atoms with Crippen LogP contribution in [0.25, 0.3) is 11.3 Å². The summed E-state index contributed by atoms with van der Waals surface area (Å²) < 4.78 is 28.3. The zero-order chi connectivity index (χ0) is 18.7. The number of anilines is 1. The van der Waals surface area contributed by atoms with Crippen molar-refractivity contribution in [1.82, 2.24) is 9.55 Å². The lowest BCUT2D eigenvalue weighted by molar-refractivity contribution is -0.113. The Balaban J connectivity index is 1.64. The number of nitrogens with one attached hydrogen (secondary N) is 1. The van der Waals surface area contributed by atoms with Crippen LogP contribution >= 0.6 is 23.4 Å². The lowest BCUT2D eigenvalue weighted by Gasteiger charge is -2.07. The van der Waals surface area contributed by atoms with Crippen molar-refractivity contribution in [3.05, 3.63) is 65.3 Å². The molecule has 2 aromatic carbocycles. The van der Waals surface area contributed by atoms with Crippen LogP contribution in [-0.2, 0) is 11.8 Å². The zero-order valence-electron chi connectivity index (χ0n) is 13.7. The topological polar surface area (TPSA) is 46.9 Å². The maximum atomic E-state index is 13.6. The first-order valence-electron chi connectivity index (χ1n) is 7.59. The van der Waals surface area contributed by atoms with Crippen molar-refractivity contribution in [3.8, 4) is 11.3 Å². The summed E-state index contributed by atoms with van der Waals surface area (Å²) in [5.41, 5.74) is 1.78. The molecule has 1 amide bonds. The molecule has 0 aliphatic heterocycles. The van der Waals surface area contributed by atoms with Crippen molar-refractivity contribution < 1.29 is 13.6 Å². The monoisotopic (exact) mass is 393 g/mol. The number of rotatable bonds is 5. The summed E-state index contributed by atoms with van der Waals surface area (Å²) in [6.45, 7) is 0. The number of carbonyl (C=O) groups is 1. The molecule has 1 N–H and O–H groups in total. The molecular formula is C18H14ClF2N3OS. The lowest BCUT2D eigenvalue weighted by Crippen LogP contribution is -2.15. The maximum absolute atomic E-state index is 13.6. The van der Waals surface area contributed by atoms with Gasteiger partial charge >= 0.3 is 0 Å². The standard InChI is InChI=1S/C18H14ClF2N3OS/c1-24-16(11-2-4-12(19)5-3-11)9-22-18(24)26-10-17(25)23-15-7-6-13(20)8-14(15)21/h2-9H,10H2,1H3,(H,23,25). The van der Waals surface area contributed by atoms with Gasteiger partial charge in [-0.05, 0) is 29.8 Å². The number of thioether (sulfide) groups is 1. The number of hydrogen-bond donors (Lipinski definition) is 1. The molecule has 3 rings (SSSR count). The van der Waals surface area contributed by atoms with Gasteiger partial charge in [0.25, 0.3) is 0 Å². The number of carbonyl (C=O) groups excluding carboxylic acids is 1. The molecule has 8 heteroatoms. The highest BCUT2D eigenvalue weighted by Crippen LogP contribution is 2.26. The first-order valence-corrected chi connectivity index (χ1v) is 8.96.